The second kappa shape index (κ2) is 4.91. The standard InChI is InChI=1S/C12H13N3S2/c13-9-3-1-7(5-11(9)16)8-2-4-10(14)12(6-8)17-15/h1-6,16H,13-15H2. The minimum absolute atomic E-state index is 0.668. The molecule has 2 aromatic rings. The predicted octanol–water partition coefficient (Wildman–Crippen LogP) is 2.77. The average molecular weight is 263 g/mol. The highest BCUT2D eigenvalue weighted by atomic mass is 32.2. The number of hydrogen-bond acceptors (Lipinski definition) is 5. The number of benzene rings is 2. The van der Waals surface area contributed by atoms with Crippen LogP contribution in [-0.4, -0.2) is 0 Å². The number of rotatable bonds is 2. The Balaban J connectivity index is 2.49. The highest BCUT2D eigenvalue weighted by Gasteiger charge is 2.04. The summed E-state index contributed by atoms with van der Waals surface area (Å²) in [7, 11) is 0. The van der Waals surface area contributed by atoms with Gasteiger partial charge in [0.15, 0.2) is 0 Å². The lowest BCUT2D eigenvalue weighted by molar-refractivity contribution is 1.42. The van der Waals surface area contributed by atoms with Gasteiger partial charge in [0.25, 0.3) is 0 Å². The molecule has 0 heterocycles. The van der Waals surface area contributed by atoms with Crippen molar-refractivity contribution in [1.82, 2.24) is 0 Å². The van der Waals surface area contributed by atoms with Gasteiger partial charge in [-0.3, -0.25) is 5.14 Å². The molecule has 88 valence electrons. The van der Waals surface area contributed by atoms with E-state index in [4.69, 9.17) is 16.6 Å². The molecule has 0 spiro atoms. The first-order valence-corrected chi connectivity index (χ1v) is 6.29. The van der Waals surface area contributed by atoms with E-state index in [0.717, 1.165) is 32.9 Å². The van der Waals surface area contributed by atoms with E-state index >= 15 is 0 Å². The van der Waals surface area contributed by atoms with E-state index in [9.17, 15) is 0 Å². The fraction of sp³-hybridized carbons (Fsp3) is 0. The molecule has 6 N–H and O–H groups in total. The highest BCUT2D eigenvalue weighted by Crippen LogP contribution is 2.30. The summed E-state index contributed by atoms with van der Waals surface area (Å²) in [5, 5.41) is 5.55. The van der Waals surface area contributed by atoms with Crippen LogP contribution in [0.5, 0.6) is 0 Å². The Hall–Kier alpha value is -1.30. The maximum atomic E-state index is 5.80. The van der Waals surface area contributed by atoms with Crippen molar-refractivity contribution in [2.75, 3.05) is 11.5 Å². The number of nitrogen functional groups attached to an aromatic ring is 2. The summed E-state index contributed by atoms with van der Waals surface area (Å²) in [6.45, 7) is 0. The number of anilines is 2. The van der Waals surface area contributed by atoms with Crippen molar-refractivity contribution in [1.29, 1.82) is 0 Å². The van der Waals surface area contributed by atoms with Crippen molar-refractivity contribution < 1.29 is 0 Å². The molecule has 0 bridgehead atoms. The van der Waals surface area contributed by atoms with Gasteiger partial charge in [0.2, 0.25) is 0 Å². The molecule has 0 saturated heterocycles. The molecule has 2 rings (SSSR count). The van der Waals surface area contributed by atoms with E-state index in [2.05, 4.69) is 12.6 Å². The maximum Gasteiger partial charge on any atom is 0.0465 e. The van der Waals surface area contributed by atoms with Crippen LogP contribution in [0.4, 0.5) is 11.4 Å². The molecule has 17 heavy (non-hydrogen) atoms. The molecule has 0 aliphatic rings. The van der Waals surface area contributed by atoms with Crippen LogP contribution < -0.4 is 16.6 Å². The monoisotopic (exact) mass is 263 g/mol. The minimum atomic E-state index is 0.668. The molecule has 0 aliphatic heterocycles. The lowest BCUT2D eigenvalue weighted by Crippen LogP contribution is -1.92. The molecule has 0 radical (unpaired) electrons. The molecule has 0 unspecified atom stereocenters. The van der Waals surface area contributed by atoms with Crippen LogP contribution in [-0.2, 0) is 0 Å². The molecule has 5 heteroatoms. The molecular weight excluding hydrogens is 250 g/mol. The van der Waals surface area contributed by atoms with Crippen LogP contribution in [0.2, 0.25) is 0 Å². The van der Waals surface area contributed by atoms with Gasteiger partial charge >= 0.3 is 0 Å². The topological polar surface area (TPSA) is 78.1 Å². The molecule has 0 fully saturated rings. The smallest absolute Gasteiger partial charge is 0.0465 e. The van der Waals surface area contributed by atoms with Gasteiger partial charge in [-0.15, -0.1) is 12.6 Å². The van der Waals surface area contributed by atoms with E-state index < -0.39 is 0 Å². The van der Waals surface area contributed by atoms with Crippen molar-refractivity contribution in [3.63, 3.8) is 0 Å². The quantitative estimate of drug-likeness (QED) is 0.382. The lowest BCUT2D eigenvalue weighted by atomic mass is 10.1. The maximum absolute atomic E-state index is 5.80. The summed E-state index contributed by atoms with van der Waals surface area (Å²) in [4.78, 5) is 1.63. The summed E-state index contributed by atoms with van der Waals surface area (Å²) >= 11 is 5.45. The fourth-order valence-corrected chi connectivity index (χ4v) is 2.15. The van der Waals surface area contributed by atoms with Gasteiger partial charge in [-0.1, -0.05) is 12.1 Å². The van der Waals surface area contributed by atoms with E-state index in [1.54, 1.807) is 0 Å². The molecule has 0 saturated carbocycles. The molecule has 0 amide bonds. The Labute approximate surface area is 110 Å². The van der Waals surface area contributed by atoms with Gasteiger partial charge in [0.05, 0.1) is 0 Å². The van der Waals surface area contributed by atoms with Gasteiger partial charge in [0, 0.05) is 21.2 Å². The molecule has 0 aliphatic carbocycles. The Kier molecular flexibility index (Phi) is 3.51. The van der Waals surface area contributed by atoms with E-state index in [0.29, 0.717) is 11.4 Å². The minimum Gasteiger partial charge on any atom is -0.398 e. The SMILES string of the molecule is NSc1cc(-c2ccc(N)c(S)c2)ccc1N. The lowest BCUT2D eigenvalue weighted by Gasteiger charge is -2.08. The van der Waals surface area contributed by atoms with Gasteiger partial charge in [-0.25, -0.2) is 0 Å². The van der Waals surface area contributed by atoms with Crippen molar-refractivity contribution in [3.8, 4) is 11.1 Å². The highest BCUT2D eigenvalue weighted by molar-refractivity contribution is 7.97. The molecule has 0 aromatic heterocycles. The second-order valence-corrected chi connectivity index (χ2v) is 4.80. The fourth-order valence-electron chi connectivity index (χ4n) is 1.54. The van der Waals surface area contributed by atoms with Gasteiger partial charge in [0.1, 0.15) is 0 Å². The third kappa shape index (κ3) is 2.52. The van der Waals surface area contributed by atoms with Crippen molar-refractivity contribution in [2.24, 2.45) is 5.14 Å². The third-order valence-electron chi connectivity index (χ3n) is 2.50. The third-order valence-corrected chi connectivity index (χ3v) is 3.50. The average Bonchev–Trinajstić information content (AvgIpc) is 2.33. The number of nitrogens with two attached hydrogens (primary N) is 3. The van der Waals surface area contributed by atoms with Crippen LogP contribution in [0.1, 0.15) is 0 Å². The molecular formula is C12H13N3S2. The van der Waals surface area contributed by atoms with Crippen LogP contribution >= 0.6 is 24.6 Å². The van der Waals surface area contributed by atoms with Crippen LogP contribution in [0.15, 0.2) is 46.2 Å². The van der Waals surface area contributed by atoms with E-state index in [-0.39, 0.29) is 0 Å². The summed E-state index contributed by atoms with van der Waals surface area (Å²) in [5.74, 6) is 0. The van der Waals surface area contributed by atoms with Crippen molar-refractivity contribution in [3.05, 3.63) is 36.4 Å². The largest absolute Gasteiger partial charge is 0.398 e. The Morgan fingerprint density at radius 1 is 0.882 bits per heavy atom. The Morgan fingerprint density at radius 2 is 1.47 bits per heavy atom. The molecule has 3 nitrogen and oxygen atoms in total. The normalized spacial score (nSPS) is 10.5. The van der Waals surface area contributed by atoms with Crippen molar-refractivity contribution >= 4 is 36.0 Å². The van der Waals surface area contributed by atoms with Gasteiger partial charge < -0.3 is 11.5 Å². The van der Waals surface area contributed by atoms with Gasteiger partial charge in [-0.2, -0.15) is 0 Å². The van der Waals surface area contributed by atoms with E-state index in [1.807, 2.05) is 36.4 Å². The van der Waals surface area contributed by atoms with Gasteiger partial charge in [-0.05, 0) is 47.3 Å². The summed E-state index contributed by atoms with van der Waals surface area (Å²) < 4.78 is 0. The van der Waals surface area contributed by atoms with Crippen LogP contribution in [0.25, 0.3) is 11.1 Å². The first-order chi connectivity index (χ1) is 8.11. The first-order valence-electron chi connectivity index (χ1n) is 4.97. The Morgan fingerprint density at radius 3 is 2.06 bits per heavy atom. The zero-order chi connectivity index (χ0) is 12.4. The first kappa shape index (κ1) is 12.2. The summed E-state index contributed by atoms with van der Waals surface area (Å²) in [6.07, 6.45) is 0. The van der Waals surface area contributed by atoms with E-state index in [1.165, 1.54) is 0 Å². The van der Waals surface area contributed by atoms with Crippen molar-refractivity contribution in [2.45, 2.75) is 9.79 Å². The zero-order valence-corrected chi connectivity index (χ0v) is 10.8. The van der Waals surface area contributed by atoms with Crippen LogP contribution in [0.3, 0.4) is 0 Å². The second-order valence-electron chi connectivity index (χ2n) is 3.64. The van der Waals surface area contributed by atoms with Crippen LogP contribution in [0, 0.1) is 0 Å². The zero-order valence-electron chi connectivity index (χ0n) is 9.05. The predicted molar refractivity (Wildman–Crippen MR) is 78.0 cm³/mol. The summed E-state index contributed by atoms with van der Waals surface area (Å²) in [5.41, 5.74) is 15.0. The molecule has 2 aromatic carbocycles. The summed E-state index contributed by atoms with van der Waals surface area (Å²) in [6, 6.07) is 11.5. The molecule has 0 atom stereocenters. The number of thiol groups is 1. The Bertz CT molecular complexity index is 555. The number of hydrogen-bond donors (Lipinski definition) is 4.